The van der Waals surface area contributed by atoms with E-state index in [2.05, 4.69) is 16.1 Å². The molecule has 1 saturated heterocycles. The first-order chi connectivity index (χ1) is 17.9. The summed E-state index contributed by atoms with van der Waals surface area (Å²) in [5.74, 6) is -0.229. The summed E-state index contributed by atoms with van der Waals surface area (Å²) in [6, 6.07) is 16.2. The van der Waals surface area contributed by atoms with Gasteiger partial charge in [-0.05, 0) is 47.6 Å². The van der Waals surface area contributed by atoms with Gasteiger partial charge in [-0.2, -0.15) is 0 Å². The van der Waals surface area contributed by atoms with Gasteiger partial charge >= 0.3 is 5.97 Å². The highest BCUT2D eigenvalue weighted by Gasteiger charge is 2.31. The van der Waals surface area contributed by atoms with Crippen molar-refractivity contribution >= 4 is 34.8 Å². The number of esters is 1. The highest BCUT2D eigenvalue weighted by atomic mass is 32.2. The number of ether oxygens (including phenoxy) is 1. The van der Waals surface area contributed by atoms with Gasteiger partial charge in [-0.3, -0.25) is 24.5 Å². The van der Waals surface area contributed by atoms with Crippen LogP contribution in [-0.2, 0) is 32.1 Å². The molecule has 1 aliphatic rings. The van der Waals surface area contributed by atoms with Gasteiger partial charge in [0.1, 0.15) is 0 Å². The highest BCUT2D eigenvalue weighted by molar-refractivity contribution is 8.15. The smallest absolute Gasteiger partial charge is 0.305 e. The SMILES string of the molecule is COC(=O)CCCCCCCCC(=O)N(C)Cc1cccc(-c2ccc(CC3SC(=O)NC3=O)cc2)c1. The van der Waals surface area contributed by atoms with E-state index in [1.807, 2.05) is 49.5 Å². The molecule has 1 N–H and O–H groups in total. The predicted molar refractivity (Wildman–Crippen MR) is 146 cm³/mol. The van der Waals surface area contributed by atoms with E-state index in [0.29, 0.717) is 25.8 Å². The van der Waals surface area contributed by atoms with E-state index < -0.39 is 0 Å². The molecule has 1 aliphatic heterocycles. The molecule has 1 fully saturated rings. The lowest BCUT2D eigenvalue weighted by molar-refractivity contribution is -0.140. The number of amides is 3. The molecule has 198 valence electrons. The first-order valence-electron chi connectivity index (χ1n) is 12.9. The van der Waals surface area contributed by atoms with Crippen molar-refractivity contribution in [1.29, 1.82) is 0 Å². The number of thioether (sulfide) groups is 1. The van der Waals surface area contributed by atoms with Crippen LogP contribution in [0.2, 0.25) is 0 Å². The van der Waals surface area contributed by atoms with Gasteiger partial charge in [-0.1, -0.05) is 79.9 Å². The van der Waals surface area contributed by atoms with Crippen molar-refractivity contribution < 1.29 is 23.9 Å². The van der Waals surface area contributed by atoms with Crippen LogP contribution < -0.4 is 5.32 Å². The zero-order valence-corrected chi connectivity index (χ0v) is 22.5. The lowest BCUT2D eigenvalue weighted by Gasteiger charge is -2.18. The average molecular weight is 525 g/mol. The predicted octanol–water partition coefficient (Wildman–Crippen LogP) is 5.50. The minimum Gasteiger partial charge on any atom is -0.469 e. The zero-order valence-electron chi connectivity index (χ0n) is 21.7. The van der Waals surface area contributed by atoms with Crippen molar-refractivity contribution in [3.63, 3.8) is 0 Å². The van der Waals surface area contributed by atoms with Crippen LogP contribution in [-0.4, -0.2) is 47.3 Å². The van der Waals surface area contributed by atoms with Crippen LogP contribution in [0.25, 0.3) is 11.1 Å². The lowest BCUT2D eigenvalue weighted by atomic mass is 10.00. The van der Waals surface area contributed by atoms with Gasteiger partial charge in [0.15, 0.2) is 0 Å². The van der Waals surface area contributed by atoms with Crippen molar-refractivity contribution in [1.82, 2.24) is 10.2 Å². The number of methoxy groups -OCH3 is 1. The molecule has 0 saturated carbocycles. The molecule has 0 bridgehead atoms. The second-order valence-corrected chi connectivity index (χ2v) is 10.6. The van der Waals surface area contributed by atoms with Gasteiger partial charge < -0.3 is 9.64 Å². The maximum absolute atomic E-state index is 12.6. The number of hydrogen-bond donors (Lipinski definition) is 1. The molecule has 0 spiro atoms. The number of carbonyl (C=O) groups excluding carboxylic acids is 4. The maximum atomic E-state index is 12.6. The summed E-state index contributed by atoms with van der Waals surface area (Å²) in [5, 5.41) is 1.68. The van der Waals surface area contributed by atoms with Crippen LogP contribution in [0.4, 0.5) is 4.79 Å². The largest absolute Gasteiger partial charge is 0.469 e. The number of imide groups is 1. The third-order valence-electron chi connectivity index (χ3n) is 6.50. The quantitative estimate of drug-likeness (QED) is 0.259. The van der Waals surface area contributed by atoms with Gasteiger partial charge in [0.25, 0.3) is 5.24 Å². The van der Waals surface area contributed by atoms with E-state index in [4.69, 9.17) is 0 Å². The number of nitrogens with one attached hydrogen (secondary N) is 1. The van der Waals surface area contributed by atoms with Crippen LogP contribution >= 0.6 is 11.8 Å². The summed E-state index contributed by atoms with van der Waals surface area (Å²) in [6.45, 7) is 0.556. The first-order valence-corrected chi connectivity index (χ1v) is 13.7. The molecule has 1 atom stereocenters. The van der Waals surface area contributed by atoms with E-state index in [9.17, 15) is 19.2 Å². The highest BCUT2D eigenvalue weighted by Crippen LogP contribution is 2.26. The Balaban J connectivity index is 1.41. The van der Waals surface area contributed by atoms with Crippen LogP contribution in [0.5, 0.6) is 0 Å². The van der Waals surface area contributed by atoms with Gasteiger partial charge in [0, 0.05) is 26.4 Å². The summed E-state index contributed by atoms with van der Waals surface area (Å²) in [4.78, 5) is 48.7. The first kappa shape index (κ1) is 28.4. The van der Waals surface area contributed by atoms with Crippen LogP contribution in [0.3, 0.4) is 0 Å². The fourth-order valence-electron chi connectivity index (χ4n) is 4.33. The number of hydrogen-bond acceptors (Lipinski definition) is 6. The number of carbonyl (C=O) groups is 4. The van der Waals surface area contributed by atoms with Gasteiger partial charge in [-0.25, -0.2) is 0 Å². The number of nitrogens with zero attached hydrogens (tertiary/aromatic N) is 1. The van der Waals surface area contributed by atoms with Crippen LogP contribution in [0.15, 0.2) is 48.5 Å². The fourth-order valence-corrected chi connectivity index (χ4v) is 5.19. The Hall–Kier alpha value is -3.13. The Labute approximate surface area is 223 Å². The number of benzene rings is 2. The molecule has 3 amide bonds. The molecule has 0 aromatic heterocycles. The van der Waals surface area contributed by atoms with E-state index >= 15 is 0 Å². The normalized spacial score (nSPS) is 14.9. The molecule has 3 rings (SSSR count). The molecule has 2 aromatic rings. The molecule has 1 unspecified atom stereocenters. The Morgan fingerprint density at radius 1 is 0.892 bits per heavy atom. The molecule has 7 nitrogen and oxygen atoms in total. The molecule has 2 aromatic carbocycles. The maximum Gasteiger partial charge on any atom is 0.305 e. The van der Waals surface area contributed by atoms with Crippen LogP contribution in [0.1, 0.15) is 62.5 Å². The van der Waals surface area contributed by atoms with Gasteiger partial charge in [0.2, 0.25) is 11.8 Å². The second-order valence-electron chi connectivity index (χ2n) is 9.43. The molecule has 8 heteroatoms. The van der Waals surface area contributed by atoms with Gasteiger partial charge in [0.05, 0.1) is 12.4 Å². The van der Waals surface area contributed by atoms with Gasteiger partial charge in [-0.15, -0.1) is 0 Å². The molecule has 1 heterocycles. The number of rotatable bonds is 14. The second kappa shape index (κ2) is 14.6. The topological polar surface area (TPSA) is 92.8 Å². The summed E-state index contributed by atoms with van der Waals surface area (Å²) in [6.07, 6.45) is 7.46. The lowest BCUT2D eigenvalue weighted by Crippen LogP contribution is -2.25. The Bertz CT molecular complexity index is 1090. The van der Waals surface area contributed by atoms with E-state index in [1.165, 1.54) is 7.11 Å². The van der Waals surface area contributed by atoms with Crippen molar-refractivity contribution in [2.24, 2.45) is 0 Å². The molecular weight excluding hydrogens is 488 g/mol. The van der Waals surface area contributed by atoms with E-state index in [1.54, 1.807) is 4.90 Å². The molecule has 0 radical (unpaired) electrons. The van der Waals surface area contributed by atoms with Crippen molar-refractivity contribution in [2.45, 2.75) is 69.6 Å². The van der Waals surface area contributed by atoms with E-state index in [-0.39, 0.29) is 28.3 Å². The Kier molecular flexibility index (Phi) is 11.2. The molecular formula is C29H36N2O5S. The third-order valence-corrected chi connectivity index (χ3v) is 7.48. The molecule has 37 heavy (non-hydrogen) atoms. The fraction of sp³-hybridized carbons (Fsp3) is 0.448. The summed E-state index contributed by atoms with van der Waals surface area (Å²) in [5.41, 5.74) is 4.21. The van der Waals surface area contributed by atoms with Crippen molar-refractivity contribution in [3.05, 3.63) is 59.7 Å². The average Bonchev–Trinajstić information content (AvgIpc) is 3.21. The zero-order chi connectivity index (χ0) is 26.6. The minimum atomic E-state index is -0.368. The Morgan fingerprint density at radius 3 is 2.22 bits per heavy atom. The van der Waals surface area contributed by atoms with E-state index in [0.717, 1.165) is 72.5 Å². The monoisotopic (exact) mass is 524 g/mol. The third kappa shape index (κ3) is 9.35. The standard InChI is InChI=1S/C29H36N2O5S/c1-31(26(32)12-7-5-3-4-6-8-13-27(33)36-2)20-22-10-9-11-24(18-22)23-16-14-21(15-17-23)19-25-28(34)30-29(35)37-25/h9-11,14-18,25H,3-8,12-13,19-20H2,1-2H3,(H,30,34,35). The Morgan fingerprint density at radius 2 is 1.57 bits per heavy atom. The van der Waals surface area contributed by atoms with Crippen molar-refractivity contribution in [2.75, 3.05) is 14.2 Å². The van der Waals surface area contributed by atoms with Crippen LogP contribution in [0, 0.1) is 0 Å². The van der Waals surface area contributed by atoms with Crippen molar-refractivity contribution in [3.8, 4) is 11.1 Å². The minimum absolute atomic E-state index is 0.146. The summed E-state index contributed by atoms with van der Waals surface area (Å²) < 4.78 is 4.64. The number of unbranched alkanes of at least 4 members (excludes halogenated alkanes) is 5. The molecule has 0 aliphatic carbocycles. The summed E-state index contributed by atoms with van der Waals surface area (Å²) >= 11 is 1.04. The summed E-state index contributed by atoms with van der Waals surface area (Å²) in [7, 11) is 3.26.